The molecule has 0 saturated heterocycles. The topological polar surface area (TPSA) is 28.7 Å². The minimum absolute atomic E-state index is 0.672. The van der Waals surface area contributed by atoms with Gasteiger partial charge in [0.05, 0.1) is 10.5 Å². The average Bonchev–Trinajstić information content (AvgIpc) is 2.35. The van der Waals surface area contributed by atoms with Gasteiger partial charge >= 0.3 is 0 Å². The van der Waals surface area contributed by atoms with Crippen LogP contribution in [0.3, 0.4) is 0 Å². The van der Waals surface area contributed by atoms with Gasteiger partial charge < -0.3 is 4.98 Å². The van der Waals surface area contributed by atoms with Crippen molar-refractivity contribution in [3.05, 3.63) is 27.2 Å². The van der Waals surface area contributed by atoms with Crippen molar-refractivity contribution in [2.75, 3.05) is 0 Å². The zero-order valence-electron chi connectivity index (χ0n) is 5.44. The highest BCUT2D eigenvalue weighted by molar-refractivity contribution is 14.1. The van der Waals surface area contributed by atoms with Gasteiger partial charge in [0.15, 0.2) is 0 Å². The van der Waals surface area contributed by atoms with Gasteiger partial charge in [0, 0.05) is 27.5 Å². The fourth-order valence-corrected chi connectivity index (χ4v) is 1.75. The van der Waals surface area contributed by atoms with Gasteiger partial charge in [-0.15, -0.1) is 0 Å². The maximum atomic E-state index is 5.87. The summed E-state index contributed by atoms with van der Waals surface area (Å²) < 4.78 is 1.15. The molecule has 0 aliphatic rings. The number of hydrogen-bond acceptors (Lipinski definition) is 1. The van der Waals surface area contributed by atoms with Crippen LogP contribution in [0.1, 0.15) is 0 Å². The average molecular weight is 278 g/mol. The van der Waals surface area contributed by atoms with E-state index in [0.717, 1.165) is 14.5 Å². The van der Waals surface area contributed by atoms with Crippen molar-refractivity contribution in [2.24, 2.45) is 0 Å². The normalized spacial score (nSPS) is 10.7. The van der Waals surface area contributed by atoms with E-state index in [1.807, 2.05) is 6.20 Å². The Morgan fingerprint density at radius 3 is 3.00 bits per heavy atom. The molecule has 56 valence electrons. The minimum atomic E-state index is 0.672. The van der Waals surface area contributed by atoms with E-state index in [-0.39, 0.29) is 0 Å². The molecule has 0 fully saturated rings. The van der Waals surface area contributed by atoms with E-state index in [1.54, 1.807) is 12.4 Å². The molecule has 0 bridgehead atoms. The molecule has 0 atom stereocenters. The third kappa shape index (κ3) is 1.12. The monoisotopic (exact) mass is 278 g/mol. The summed E-state index contributed by atoms with van der Waals surface area (Å²) in [4.78, 5) is 7.07. The summed E-state index contributed by atoms with van der Waals surface area (Å²) in [7, 11) is 0. The molecule has 0 unspecified atom stereocenters. The van der Waals surface area contributed by atoms with Gasteiger partial charge in [-0.1, -0.05) is 11.6 Å². The summed E-state index contributed by atoms with van der Waals surface area (Å²) in [5.41, 5.74) is 0.964. The first kappa shape index (κ1) is 7.36. The van der Waals surface area contributed by atoms with Crippen LogP contribution in [-0.4, -0.2) is 9.97 Å². The number of H-pyrrole nitrogens is 1. The van der Waals surface area contributed by atoms with Crippen molar-refractivity contribution in [3.63, 3.8) is 0 Å². The minimum Gasteiger partial charge on any atom is -0.359 e. The number of fused-ring (bicyclic) bond motifs is 1. The van der Waals surface area contributed by atoms with Crippen LogP contribution in [0, 0.1) is 3.57 Å². The number of aromatic amines is 1. The highest BCUT2D eigenvalue weighted by Gasteiger charge is 2.02. The van der Waals surface area contributed by atoms with E-state index >= 15 is 0 Å². The molecule has 0 saturated carbocycles. The molecular weight excluding hydrogens is 274 g/mol. The van der Waals surface area contributed by atoms with Crippen LogP contribution >= 0.6 is 34.2 Å². The summed E-state index contributed by atoms with van der Waals surface area (Å²) in [6.45, 7) is 0. The van der Waals surface area contributed by atoms with Gasteiger partial charge in [-0.3, -0.25) is 4.98 Å². The van der Waals surface area contributed by atoms with Crippen molar-refractivity contribution in [3.8, 4) is 0 Å². The Morgan fingerprint density at radius 2 is 2.27 bits per heavy atom. The number of nitrogens with one attached hydrogen (secondary N) is 1. The zero-order chi connectivity index (χ0) is 7.84. The van der Waals surface area contributed by atoms with Crippen molar-refractivity contribution in [1.29, 1.82) is 0 Å². The molecule has 0 amide bonds. The second-order valence-electron chi connectivity index (χ2n) is 2.18. The molecule has 0 aliphatic carbocycles. The van der Waals surface area contributed by atoms with Gasteiger partial charge in [-0.2, -0.15) is 0 Å². The lowest BCUT2D eigenvalue weighted by molar-refractivity contribution is 1.36. The first-order chi connectivity index (χ1) is 5.29. The van der Waals surface area contributed by atoms with Gasteiger partial charge in [-0.25, -0.2) is 0 Å². The van der Waals surface area contributed by atoms with E-state index in [9.17, 15) is 0 Å². The fourth-order valence-electron chi connectivity index (χ4n) is 0.976. The molecule has 0 radical (unpaired) electrons. The fraction of sp³-hybridized carbons (Fsp3) is 0. The Bertz CT molecular complexity index is 396. The van der Waals surface area contributed by atoms with Crippen LogP contribution in [0.25, 0.3) is 10.9 Å². The van der Waals surface area contributed by atoms with E-state index < -0.39 is 0 Å². The summed E-state index contributed by atoms with van der Waals surface area (Å²) in [5, 5.41) is 1.75. The summed E-state index contributed by atoms with van der Waals surface area (Å²) in [6.07, 6.45) is 5.36. The first-order valence-corrected chi connectivity index (χ1v) is 4.51. The third-order valence-electron chi connectivity index (χ3n) is 1.50. The lowest BCUT2D eigenvalue weighted by atomic mass is 10.3. The molecule has 0 aromatic carbocycles. The third-order valence-corrected chi connectivity index (χ3v) is 2.68. The maximum Gasteiger partial charge on any atom is 0.0830 e. The summed E-state index contributed by atoms with van der Waals surface area (Å²) >= 11 is 8.11. The predicted octanol–water partition coefficient (Wildman–Crippen LogP) is 2.82. The van der Waals surface area contributed by atoms with Crippen LogP contribution in [-0.2, 0) is 0 Å². The molecular formula is C7H4ClIN2. The van der Waals surface area contributed by atoms with Gasteiger partial charge in [0.1, 0.15) is 0 Å². The van der Waals surface area contributed by atoms with E-state index in [2.05, 4.69) is 32.6 Å². The van der Waals surface area contributed by atoms with Crippen LogP contribution in [0.5, 0.6) is 0 Å². The van der Waals surface area contributed by atoms with Crippen LogP contribution in [0.2, 0.25) is 5.02 Å². The molecule has 2 rings (SSSR count). The molecule has 11 heavy (non-hydrogen) atoms. The summed E-state index contributed by atoms with van der Waals surface area (Å²) in [5.74, 6) is 0. The molecule has 2 nitrogen and oxygen atoms in total. The molecule has 1 N–H and O–H groups in total. The number of hydrogen-bond donors (Lipinski definition) is 1. The largest absolute Gasteiger partial charge is 0.359 e. The lowest BCUT2D eigenvalue weighted by Crippen LogP contribution is -1.74. The van der Waals surface area contributed by atoms with E-state index in [1.165, 1.54) is 0 Å². The smallest absolute Gasteiger partial charge is 0.0830 e. The van der Waals surface area contributed by atoms with Crippen LogP contribution < -0.4 is 0 Å². The van der Waals surface area contributed by atoms with Crippen molar-refractivity contribution in [1.82, 2.24) is 9.97 Å². The molecule has 0 aliphatic heterocycles. The Morgan fingerprint density at radius 1 is 1.45 bits per heavy atom. The first-order valence-electron chi connectivity index (χ1n) is 3.05. The van der Waals surface area contributed by atoms with E-state index in [0.29, 0.717) is 5.02 Å². The van der Waals surface area contributed by atoms with E-state index in [4.69, 9.17) is 11.6 Å². The van der Waals surface area contributed by atoms with Crippen LogP contribution in [0.15, 0.2) is 18.6 Å². The highest BCUT2D eigenvalue weighted by atomic mass is 127. The van der Waals surface area contributed by atoms with Crippen molar-refractivity contribution < 1.29 is 0 Å². The Balaban J connectivity index is 2.94. The summed E-state index contributed by atoms with van der Waals surface area (Å²) in [6, 6.07) is 0. The SMILES string of the molecule is Clc1cncc2c(I)c[nH]c12. The van der Waals surface area contributed by atoms with Crippen LogP contribution in [0.4, 0.5) is 0 Å². The highest BCUT2D eigenvalue weighted by Crippen LogP contribution is 2.24. The molecule has 4 heteroatoms. The van der Waals surface area contributed by atoms with Gasteiger partial charge in [0.2, 0.25) is 0 Å². The molecule has 0 spiro atoms. The molecule has 2 heterocycles. The van der Waals surface area contributed by atoms with Crippen molar-refractivity contribution in [2.45, 2.75) is 0 Å². The Kier molecular flexibility index (Phi) is 1.77. The number of aromatic nitrogens is 2. The number of pyridine rings is 1. The lowest BCUT2D eigenvalue weighted by Gasteiger charge is -1.90. The second kappa shape index (κ2) is 2.64. The molecule has 2 aromatic heterocycles. The molecule has 2 aromatic rings. The quantitative estimate of drug-likeness (QED) is 0.738. The van der Waals surface area contributed by atoms with Crippen molar-refractivity contribution >= 4 is 45.1 Å². The predicted molar refractivity (Wildman–Crippen MR) is 53.8 cm³/mol. The zero-order valence-corrected chi connectivity index (χ0v) is 8.35. The number of halogens is 2. The number of nitrogens with zero attached hydrogens (tertiary/aromatic N) is 1. The van der Waals surface area contributed by atoms with Gasteiger partial charge in [0.25, 0.3) is 0 Å². The second-order valence-corrected chi connectivity index (χ2v) is 3.75. The Hall–Kier alpha value is -0.290. The van der Waals surface area contributed by atoms with Gasteiger partial charge in [-0.05, 0) is 22.6 Å². The number of rotatable bonds is 0. The maximum absolute atomic E-state index is 5.87. The standard InChI is InChI=1S/C7H4ClIN2/c8-5-2-10-1-4-6(9)3-11-7(4)5/h1-3,11H. The Labute approximate surface area is 82.1 Å².